The molecule has 1 aromatic carbocycles. The molecule has 2 rings (SSSR count). The lowest BCUT2D eigenvalue weighted by molar-refractivity contribution is 0.213. The third-order valence-corrected chi connectivity index (χ3v) is 3.75. The van der Waals surface area contributed by atoms with Gasteiger partial charge in [0.2, 0.25) is 0 Å². The highest BCUT2D eigenvalue weighted by Gasteiger charge is 2.19. The van der Waals surface area contributed by atoms with Crippen LogP contribution in [0.1, 0.15) is 35.5 Å². The molecule has 0 spiro atoms. The summed E-state index contributed by atoms with van der Waals surface area (Å²) in [6, 6.07) is 8.85. The number of amides is 2. The van der Waals surface area contributed by atoms with E-state index in [2.05, 4.69) is 15.8 Å². The van der Waals surface area contributed by atoms with Crippen LogP contribution in [0.25, 0.3) is 0 Å². The van der Waals surface area contributed by atoms with E-state index in [4.69, 9.17) is 4.52 Å². The molecule has 1 heterocycles. The summed E-state index contributed by atoms with van der Waals surface area (Å²) in [5.74, 6) is 0.693. The van der Waals surface area contributed by atoms with E-state index in [-0.39, 0.29) is 24.7 Å². The third-order valence-electron chi connectivity index (χ3n) is 3.75. The molecular formula is C17H23N3O3. The topological polar surface area (TPSA) is 87.4 Å². The van der Waals surface area contributed by atoms with Gasteiger partial charge in [-0.05, 0) is 32.8 Å². The zero-order chi connectivity index (χ0) is 16.8. The van der Waals surface area contributed by atoms with Crippen molar-refractivity contribution in [3.8, 4) is 0 Å². The summed E-state index contributed by atoms with van der Waals surface area (Å²) < 4.78 is 5.12. The van der Waals surface area contributed by atoms with Crippen molar-refractivity contribution in [1.29, 1.82) is 0 Å². The second-order valence-electron chi connectivity index (χ2n) is 5.65. The maximum atomic E-state index is 12.1. The highest BCUT2D eigenvalue weighted by molar-refractivity contribution is 5.74. The molecule has 0 aliphatic heterocycles. The van der Waals surface area contributed by atoms with Crippen LogP contribution in [0.5, 0.6) is 0 Å². The highest BCUT2D eigenvalue weighted by atomic mass is 16.5. The third kappa shape index (κ3) is 4.56. The summed E-state index contributed by atoms with van der Waals surface area (Å²) in [5, 5.41) is 19.0. The zero-order valence-electron chi connectivity index (χ0n) is 13.7. The maximum Gasteiger partial charge on any atom is 0.315 e. The van der Waals surface area contributed by atoms with Gasteiger partial charge in [0.05, 0.1) is 24.4 Å². The molecule has 2 atom stereocenters. The van der Waals surface area contributed by atoms with E-state index in [1.807, 2.05) is 51.1 Å². The number of urea groups is 1. The molecule has 6 heteroatoms. The summed E-state index contributed by atoms with van der Waals surface area (Å²) in [5.41, 5.74) is 2.70. The van der Waals surface area contributed by atoms with E-state index < -0.39 is 0 Å². The second-order valence-corrected chi connectivity index (χ2v) is 5.65. The smallest absolute Gasteiger partial charge is 0.315 e. The van der Waals surface area contributed by atoms with Crippen LogP contribution < -0.4 is 10.6 Å². The largest absolute Gasteiger partial charge is 0.394 e. The lowest BCUT2D eigenvalue weighted by atomic mass is 10.1. The zero-order valence-corrected chi connectivity index (χ0v) is 13.7. The fourth-order valence-corrected chi connectivity index (χ4v) is 2.66. The molecule has 0 saturated carbocycles. The van der Waals surface area contributed by atoms with Crippen molar-refractivity contribution in [3.05, 3.63) is 52.9 Å². The van der Waals surface area contributed by atoms with Gasteiger partial charge in [-0.1, -0.05) is 35.5 Å². The molecule has 0 bridgehead atoms. The molecule has 2 aromatic rings. The number of nitrogens with zero attached hydrogens (tertiary/aromatic N) is 1. The van der Waals surface area contributed by atoms with Gasteiger partial charge in [-0.25, -0.2) is 4.79 Å². The van der Waals surface area contributed by atoms with Crippen LogP contribution in [0.3, 0.4) is 0 Å². The lowest BCUT2D eigenvalue weighted by Gasteiger charge is -2.19. The molecule has 0 unspecified atom stereocenters. The van der Waals surface area contributed by atoms with Gasteiger partial charge >= 0.3 is 6.03 Å². The Morgan fingerprint density at radius 2 is 1.96 bits per heavy atom. The average molecular weight is 317 g/mol. The van der Waals surface area contributed by atoms with E-state index in [9.17, 15) is 9.90 Å². The van der Waals surface area contributed by atoms with Gasteiger partial charge in [-0.15, -0.1) is 0 Å². The second kappa shape index (κ2) is 7.78. The van der Waals surface area contributed by atoms with Crippen LogP contribution in [0.2, 0.25) is 0 Å². The quantitative estimate of drug-likeness (QED) is 0.762. The Labute approximate surface area is 135 Å². The van der Waals surface area contributed by atoms with Crippen molar-refractivity contribution in [1.82, 2.24) is 15.8 Å². The van der Waals surface area contributed by atoms with Crippen molar-refractivity contribution >= 4 is 6.03 Å². The van der Waals surface area contributed by atoms with Crippen LogP contribution in [0, 0.1) is 13.8 Å². The van der Waals surface area contributed by atoms with Gasteiger partial charge in [-0.2, -0.15) is 0 Å². The molecule has 0 aliphatic carbocycles. The normalized spacial score (nSPS) is 13.4. The van der Waals surface area contributed by atoms with Gasteiger partial charge in [0.15, 0.2) is 0 Å². The maximum absolute atomic E-state index is 12.1. The molecule has 23 heavy (non-hydrogen) atoms. The summed E-state index contributed by atoms with van der Waals surface area (Å²) >= 11 is 0. The number of aliphatic hydroxyl groups excluding tert-OH is 1. The summed E-state index contributed by atoms with van der Waals surface area (Å²) in [6.07, 6.45) is 0.574. The number of aromatic nitrogens is 1. The van der Waals surface area contributed by atoms with Crippen LogP contribution in [-0.4, -0.2) is 28.9 Å². The minimum Gasteiger partial charge on any atom is -0.394 e. The molecule has 124 valence electrons. The Morgan fingerprint density at radius 1 is 1.26 bits per heavy atom. The number of hydrogen-bond donors (Lipinski definition) is 3. The van der Waals surface area contributed by atoms with E-state index in [0.717, 1.165) is 16.8 Å². The number of aryl methyl sites for hydroxylation is 2. The summed E-state index contributed by atoms with van der Waals surface area (Å²) in [6.45, 7) is 5.41. The van der Waals surface area contributed by atoms with Crippen molar-refractivity contribution in [2.24, 2.45) is 0 Å². The van der Waals surface area contributed by atoms with Crippen molar-refractivity contribution in [2.75, 3.05) is 6.61 Å². The highest BCUT2D eigenvalue weighted by Crippen LogP contribution is 2.20. The SMILES string of the molecule is Cc1noc(C)c1[C@@H](C)NC(=O)N[C@H](CO)Cc1ccccc1. The first-order valence-corrected chi connectivity index (χ1v) is 7.65. The molecule has 0 radical (unpaired) electrons. The first-order chi connectivity index (χ1) is 11.0. The molecule has 3 N–H and O–H groups in total. The van der Waals surface area contributed by atoms with E-state index >= 15 is 0 Å². The Kier molecular flexibility index (Phi) is 5.76. The fraction of sp³-hybridized carbons (Fsp3) is 0.412. The predicted octanol–water partition coefficient (Wildman–Crippen LogP) is 2.26. The molecule has 0 saturated heterocycles. The molecule has 1 aromatic heterocycles. The number of hydrogen-bond acceptors (Lipinski definition) is 4. The lowest BCUT2D eigenvalue weighted by Crippen LogP contribution is -2.45. The van der Waals surface area contributed by atoms with Gasteiger partial charge in [0.1, 0.15) is 5.76 Å². The average Bonchev–Trinajstić information content (AvgIpc) is 2.86. The monoisotopic (exact) mass is 317 g/mol. The molecule has 6 nitrogen and oxygen atoms in total. The van der Waals surface area contributed by atoms with Gasteiger partial charge < -0.3 is 20.3 Å². The van der Waals surface area contributed by atoms with E-state index in [0.29, 0.717) is 12.2 Å². The number of carbonyl (C=O) groups excluding carboxylic acids is 1. The number of aliphatic hydroxyl groups is 1. The van der Waals surface area contributed by atoms with Crippen molar-refractivity contribution in [3.63, 3.8) is 0 Å². The van der Waals surface area contributed by atoms with Gasteiger partial charge in [0.25, 0.3) is 0 Å². The summed E-state index contributed by atoms with van der Waals surface area (Å²) in [4.78, 5) is 12.1. The Balaban J connectivity index is 1.92. The van der Waals surface area contributed by atoms with E-state index in [1.54, 1.807) is 0 Å². The van der Waals surface area contributed by atoms with Crippen LogP contribution in [0.4, 0.5) is 4.79 Å². The minimum absolute atomic E-state index is 0.123. The van der Waals surface area contributed by atoms with Crippen molar-refractivity contribution in [2.45, 2.75) is 39.3 Å². The van der Waals surface area contributed by atoms with Crippen molar-refractivity contribution < 1.29 is 14.4 Å². The Hall–Kier alpha value is -2.34. The summed E-state index contributed by atoms with van der Waals surface area (Å²) in [7, 11) is 0. The number of rotatable bonds is 6. The predicted molar refractivity (Wildman–Crippen MR) is 87.1 cm³/mol. The minimum atomic E-state index is -0.339. The van der Waals surface area contributed by atoms with E-state index in [1.165, 1.54) is 0 Å². The standard InChI is InChI=1S/C17H23N3O3/c1-11(16-12(2)20-23-13(16)3)18-17(22)19-15(10-21)9-14-7-5-4-6-8-14/h4-8,11,15,21H,9-10H2,1-3H3,(H2,18,19,22)/t11-,15+/m1/s1. The molecular weight excluding hydrogens is 294 g/mol. The molecule has 0 aliphatic rings. The first-order valence-electron chi connectivity index (χ1n) is 7.65. The van der Waals surface area contributed by atoms with Gasteiger partial charge in [0, 0.05) is 5.56 Å². The Morgan fingerprint density at radius 3 is 2.52 bits per heavy atom. The molecule has 2 amide bonds. The number of nitrogens with one attached hydrogen (secondary N) is 2. The fourth-order valence-electron chi connectivity index (χ4n) is 2.66. The van der Waals surface area contributed by atoms with Crippen LogP contribution >= 0.6 is 0 Å². The van der Waals surface area contributed by atoms with Crippen LogP contribution in [-0.2, 0) is 6.42 Å². The van der Waals surface area contributed by atoms with Crippen LogP contribution in [0.15, 0.2) is 34.9 Å². The molecule has 0 fully saturated rings. The number of carbonyl (C=O) groups is 1. The number of benzene rings is 1. The van der Waals surface area contributed by atoms with Gasteiger partial charge in [-0.3, -0.25) is 0 Å². The first kappa shape index (κ1) is 17.0. The Bertz CT molecular complexity index is 620.